The molecule has 0 aliphatic rings. The van der Waals surface area contributed by atoms with Crippen molar-refractivity contribution >= 4 is 23.4 Å². The van der Waals surface area contributed by atoms with Crippen molar-refractivity contribution in [3.63, 3.8) is 0 Å². The Morgan fingerprint density at radius 1 is 1.59 bits per heavy atom. The van der Waals surface area contributed by atoms with Gasteiger partial charge in [0.2, 0.25) is 0 Å². The van der Waals surface area contributed by atoms with E-state index in [4.69, 9.17) is 15.3 Å². The fraction of sp³-hybridized carbons (Fsp3) is 0.0909. The lowest BCUT2D eigenvalue weighted by Crippen LogP contribution is -1.92. The summed E-state index contributed by atoms with van der Waals surface area (Å²) in [6.07, 6.45) is 2.88. The Hall–Kier alpha value is -1.95. The van der Waals surface area contributed by atoms with Gasteiger partial charge in [-0.2, -0.15) is 0 Å². The van der Waals surface area contributed by atoms with Crippen molar-refractivity contribution in [1.29, 1.82) is 0 Å². The number of anilines is 1. The van der Waals surface area contributed by atoms with E-state index < -0.39 is 5.97 Å². The molecule has 0 aliphatic heterocycles. The summed E-state index contributed by atoms with van der Waals surface area (Å²) in [6.45, 7) is 0. The van der Waals surface area contributed by atoms with Crippen LogP contribution in [0.4, 0.5) is 5.69 Å². The molecule has 2 rings (SSSR count). The Labute approximate surface area is 102 Å². The molecule has 0 bridgehead atoms. The molecule has 0 unspecified atom stereocenters. The molecular formula is C11H10N2O3S. The average molecular weight is 250 g/mol. The van der Waals surface area contributed by atoms with Crippen molar-refractivity contribution in [2.24, 2.45) is 0 Å². The predicted octanol–water partition coefficient (Wildman–Crippen LogP) is 2.25. The molecule has 0 amide bonds. The van der Waals surface area contributed by atoms with Gasteiger partial charge in [0.25, 0.3) is 0 Å². The van der Waals surface area contributed by atoms with Crippen molar-refractivity contribution in [3.8, 4) is 0 Å². The molecule has 0 saturated heterocycles. The third-order valence-electron chi connectivity index (χ3n) is 2.05. The van der Waals surface area contributed by atoms with Crippen molar-refractivity contribution in [2.75, 3.05) is 5.73 Å². The number of thioether (sulfide) groups is 1. The highest BCUT2D eigenvalue weighted by molar-refractivity contribution is 7.98. The maximum absolute atomic E-state index is 10.6. The van der Waals surface area contributed by atoms with E-state index in [2.05, 4.69) is 4.98 Å². The van der Waals surface area contributed by atoms with E-state index in [0.29, 0.717) is 22.2 Å². The minimum atomic E-state index is -0.998. The van der Waals surface area contributed by atoms with Gasteiger partial charge in [-0.15, -0.1) is 0 Å². The van der Waals surface area contributed by atoms with Gasteiger partial charge in [-0.25, -0.2) is 9.78 Å². The highest BCUT2D eigenvalue weighted by Gasteiger charge is 2.09. The number of aromatic carboxylic acids is 1. The summed E-state index contributed by atoms with van der Waals surface area (Å²) < 4.78 is 5.12. The van der Waals surface area contributed by atoms with Crippen LogP contribution in [0.5, 0.6) is 0 Å². The molecule has 0 aliphatic carbocycles. The van der Waals surface area contributed by atoms with E-state index in [1.54, 1.807) is 18.3 Å². The zero-order chi connectivity index (χ0) is 12.3. The lowest BCUT2D eigenvalue weighted by Gasteiger charge is -2.01. The number of aromatic nitrogens is 1. The SMILES string of the molecule is Nc1cccnc1SCc1cc(C(=O)O)co1. The molecule has 0 aromatic carbocycles. The van der Waals surface area contributed by atoms with E-state index >= 15 is 0 Å². The molecule has 6 heteroatoms. The van der Waals surface area contributed by atoms with Gasteiger partial charge in [-0.1, -0.05) is 11.8 Å². The summed E-state index contributed by atoms with van der Waals surface area (Å²) in [5, 5.41) is 9.44. The number of hydrogen-bond acceptors (Lipinski definition) is 5. The largest absolute Gasteiger partial charge is 0.478 e. The quantitative estimate of drug-likeness (QED) is 0.809. The van der Waals surface area contributed by atoms with Crippen molar-refractivity contribution < 1.29 is 14.3 Å². The lowest BCUT2D eigenvalue weighted by molar-refractivity contribution is 0.0696. The Morgan fingerprint density at radius 3 is 3.06 bits per heavy atom. The number of nitrogens with two attached hydrogens (primary N) is 1. The molecule has 0 fully saturated rings. The van der Waals surface area contributed by atoms with Crippen LogP contribution in [-0.2, 0) is 5.75 Å². The average Bonchev–Trinajstić information content (AvgIpc) is 2.77. The predicted molar refractivity (Wildman–Crippen MR) is 63.9 cm³/mol. The number of rotatable bonds is 4. The summed E-state index contributed by atoms with van der Waals surface area (Å²) in [4.78, 5) is 14.8. The number of nitrogens with zero attached hydrogens (tertiary/aromatic N) is 1. The highest BCUT2D eigenvalue weighted by Crippen LogP contribution is 2.26. The van der Waals surface area contributed by atoms with E-state index in [9.17, 15) is 4.79 Å². The zero-order valence-corrected chi connectivity index (χ0v) is 9.61. The van der Waals surface area contributed by atoms with E-state index in [1.165, 1.54) is 24.1 Å². The van der Waals surface area contributed by atoms with Crippen LogP contribution < -0.4 is 5.73 Å². The van der Waals surface area contributed by atoms with Crippen LogP contribution in [-0.4, -0.2) is 16.1 Å². The van der Waals surface area contributed by atoms with Crippen molar-refractivity contribution in [2.45, 2.75) is 10.8 Å². The second-order valence-corrected chi connectivity index (χ2v) is 4.26. The Kier molecular flexibility index (Phi) is 3.34. The molecule has 88 valence electrons. The summed E-state index contributed by atoms with van der Waals surface area (Å²) >= 11 is 1.40. The first kappa shape index (κ1) is 11.5. The summed E-state index contributed by atoms with van der Waals surface area (Å²) in [5.74, 6) is 0.0777. The number of carboxylic acids is 1. The van der Waals surface area contributed by atoms with Crippen LogP contribution in [0.3, 0.4) is 0 Å². The van der Waals surface area contributed by atoms with Crippen molar-refractivity contribution in [3.05, 3.63) is 42.0 Å². The monoisotopic (exact) mass is 250 g/mol. The van der Waals surface area contributed by atoms with E-state index in [0.717, 1.165) is 0 Å². The first-order valence-electron chi connectivity index (χ1n) is 4.81. The standard InChI is InChI=1S/C11H10N2O3S/c12-9-2-1-3-13-10(9)17-6-8-4-7(5-16-8)11(14)15/h1-5H,6,12H2,(H,14,15). The minimum Gasteiger partial charge on any atom is -0.478 e. The van der Waals surface area contributed by atoms with E-state index in [-0.39, 0.29) is 5.56 Å². The van der Waals surface area contributed by atoms with Crippen LogP contribution in [0, 0.1) is 0 Å². The molecule has 0 atom stereocenters. The molecule has 0 radical (unpaired) electrons. The highest BCUT2D eigenvalue weighted by atomic mass is 32.2. The maximum atomic E-state index is 10.6. The van der Waals surface area contributed by atoms with Gasteiger partial charge < -0.3 is 15.3 Å². The van der Waals surface area contributed by atoms with Gasteiger partial charge in [0.1, 0.15) is 17.0 Å². The molecular weight excluding hydrogens is 240 g/mol. The summed E-state index contributed by atoms with van der Waals surface area (Å²) in [7, 11) is 0. The Bertz CT molecular complexity index is 539. The third kappa shape index (κ3) is 2.79. The number of carboxylic acid groups (broad SMARTS) is 1. The molecule has 2 heterocycles. The van der Waals surface area contributed by atoms with Crippen LogP contribution in [0.2, 0.25) is 0 Å². The van der Waals surface area contributed by atoms with Crippen LogP contribution >= 0.6 is 11.8 Å². The first-order valence-corrected chi connectivity index (χ1v) is 5.79. The fourth-order valence-corrected chi connectivity index (χ4v) is 2.03. The zero-order valence-electron chi connectivity index (χ0n) is 8.79. The van der Waals surface area contributed by atoms with E-state index in [1.807, 2.05) is 0 Å². The lowest BCUT2D eigenvalue weighted by atomic mass is 10.3. The molecule has 2 aromatic rings. The van der Waals surface area contributed by atoms with Crippen molar-refractivity contribution in [1.82, 2.24) is 4.98 Å². The number of pyridine rings is 1. The molecule has 3 N–H and O–H groups in total. The van der Waals surface area contributed by atoms with Gasteiger partial charge in [0.05, 0.1) is 17.0 Å². The molecule has 5 nitrogen and oxygen atoms in total. The minimum absolute atomic E-state index is 0.148. The third-order valence-corrected chi connectivity index (χ3v) is 3.10. The maximum Gasteiger partial charge on any atom is 0.338 e. The van der Waals surface area contributed by atoms with Gasteiger partial charge in [0, 0.05) is 6.20 Å². The van der Waals surface area contributed by atoms with Gasteiger partial charge in [0.15, 0.2) is 0 Å². The smallest absolute Gasteiger partial charge is 0.338 e. The molecule has 2 aromatic heterocycles. The molecule has 0 saturated carbocycles. The summed E-state index contributed by atoms with van der Waals surface area (Å²) in [6, 6.07) is 5.02. The molecule has 17 heavy (non-hydrogen) atoms. The summed E-state index contributed by atoms with van der Waals surface area (Å²) in [5.41, 5.74) is 6.48. The second-order valence-electron chi connectivity index (χ2n) is 3.29. The Morgan fingerprint density at radius 2 is 2.41 bits per heavy atom. The van der Waals surface area contributed by atoms with Gasteiger partial charge in [-0.3, -0.25) is 0 Å². The first-order chi connectivity index (χ1) is 8.16. The van der Waals surface area contributed by atoms with Gasteiger partial charge in [-0.05, 0) is 18.2 Å². The number of furan rings is 1. The van der Waals surface area contributed by atoms with Crippen LogP contribution in [0.15, 0.2) is 40.1 Å². The number of hydrogen-bond donors (Lipinski definition) is 2. The second kappa shape index (κ2) is 4.92. The number of carbonyl (C=O) groups is 1. The topological polar surface area (TPSA) is 89.3 Å². The van der Waals surface area contributed by atoms with Crippen LogP contribution in [0.25, 0.3) is 0 Å². The Balaban J connectivity index is 2.02. The normalized spacial score (nSPS) is 10.4. The van der Waals surface area contributed by atoms with Crippen LogP contribution in [0.1, 0.15) is 16.1 Å². The fourth-order valence-electron chi connectivity index (χ4n) is 1.23. The van der Waals surface area contributed by atoms with Gasteiger partial charge >= 0.3 is 5.97 Å². The number of nitrogen functional groups attached to an aromatic ring is 1. The molecule has 0 spiro atoms.